The van der Waals surface area contributed by atoms with Gasteiger partial charge >= 0.3 is 0 Å². The fourth-order valence-electron chi connectivity index (χ4n) is 1.82. The van der Waals surface area contributed by atoms with Gasteiger partial charge in [0.25, 0.3) is 0 Å². The van der Waals surface area contributed by atoms with Crippen LogP contribution in [0.3, 0.4) is 0 Å². The SMILES string of the molecule is N#CCCNC(=O)CN1CCCC(C#N)C1. The lowest BCUT2D eigenvalue weighted by atomic mass is 10.00. The van der Waals surface area contributed by atoms with E-state index in [0.29, 0.717) is 26.1 Å². The van der Waals surface area contributed by atoms with Crippen LogP contribution in [0, 0.1) is 28.6 Å². The minimum atomic E-state index is -0.0613. The summed E-state index contributed by atoms with van der Waals surface area (Å²) in [7, 11) is 0. The molecule has 0 aromatic heterocycles. The molecule has 1 aliphatic heterocycles. The Bertz CT molecular complexity index is 315. The van der Waals surface area contributed by atoms with E-state index in [1.54, 1.807) is 0 Å². The second-order valence-electron chi connectivity index (χ2n) is 3.96. The number of carbonyl (C=O) groups is 1. The molecule has 5 nitrogen and oxygen atoms in total. The Morgan fingerprint density at radius 2 is 2.31 bits per heavy atom. The molecule has 0 aromatic rings. The maximum Gasteiger partial charge on any atom is 0.234 e. The van der Waals surface area contributed by atoms with Crippen LogP contribution in [0.15, 0.2) is 0 Å². The highest BCUT2D eigenvalue weighted by atomic mass is 16.2. The highest BCUT2D eigenvalue weighted by Crippen LogP contribution is 2.14. The number of hydrogen-bond acceptors (Lipinski definition) is 4. The first kappa shape index (κ1) is 12.5. The number of rotatable bonds is 4. The van der Waals surface area contributed by atoms with Gasteiger partial charge in [-0.2, -0.15) is 10.5 Å². The van der Waals surface area contributed by atoms with Crippen LogP contribution in [0.2, 0.25) is 0 Å². The summed E-state index contributed by atoms with van der Waals surface area (Å²) in [6.07, 6.45) is 2.25. The van der Waals surface area contributed by atoms with Crippen LogP contribution < -0.4 is 5.32 Å². The second kappa shape index (κ2) is 6.81. The molecule has 1 atom stereocenters. The van der Waals surface area contributed by atoms with Gasteiger partial charge in [-0.05, 0) is 19.4 Å². The van der Waals surface area contributed by atoms with Gasteiger partial charge in [0.15, 0.2) is 0 Å². The Labute approximate surface area is 95.6 Å². The minimum Gasteiger partial charge on any atom is -0.354 e. The summed E-state index contributed by atoms with van der Waals surface area (Å²) in [4.78, 5) is 13.4. The van der Waals surface area contributed by atoms with Crippen molar-refractivity contribution in [2.75, 3.05) is 26.2 Å². The van der Waals surface area contributed by atoms with Crippen molar-refractivity contribution >= 4 is 5.91 Å². The number of hydrogen-bond donors (Lipinski definition) is 1. The lowest BCUT2D eigenvalue weighted by Gasteiger charge is -2.28. The molecular formula is C11H16N4O. The van der Waals surface area contributed by atoms with Crippen LogP contribution in [0.1, 0.15) is 19.3 Å². The molecular weight excluding hydrogens is 204 g/mol. The van der Waals surface area contributed by atoms with E-state index in [0.717, 1.165) is 19.4 Å². The quantitative estimate of drug-likeness (QED) is 0.689. The Kier molecular flexibility index (Phi) is 5.31. The van der Waals surface area contributed by atoms with Crippen LogP contribution in [0.4, 0.5) is 0 Å². The van der Waals surface area contributed by atoms with Gasteiger partial charge in [0, 0.05) is 13.1 Å². The van der Waals surface area contributed by atoms with E-state index < -0.39 is 0 Å². The summed E-state index contributed by atoms with van der Waals surface area (Å²) in [6.45, 7) is 2.31. The highest BCUT2D eigenvalue weighted by Gasteiger charge is 2.20. The highest BCUT2D eigenvalue weighted by molar-refractivity contribution is 5.78. The third-order valence-corrected chi connectivity index (χ3v) is 2.61. The van der Waals surface area contributed by atoms with Crippen LogP contribution in [0.25, 0.3) is 0 Å². The largest absolute Gasteiger partial charge is 0.354 e. The molecule has 0 radical (unpaired) electrons. The fourth-order valence-corrected chi connectivity index (χ4v) is 1.82. The standard InChI is InChI=1S/C11H16N4O/c12-4-2-5-14-11(16)9-15-6-1-3-10(7-13)8-15/h10H,1-3,5-6,8-9H2,(H,14,16). The lowest BCUT2D eigenvalue weighted by molar-refractivity contribution is -0.122. The van der Waals surface area contributed by atoms with Crippen LogP contribution in [-0.4, -0.2) is 37.0 Å². The molecule has 1 unspecified atom stereocenters. The normalized spacial score (nSPS) is 20.8. The summed E-state index contributed by atoms with van der Waals surface area (Å²) in [5, 5.41) is 19.8. The number of nitrogens with zero attached hydrogens (tertiary/aromatic N) is 3. The lowest BCUT2D eigenvalue weighted by Crippen LogP contribution is -2.42. The average molecular weight is 220 g/mol. The molecule has 5 heteroatoms. The molecule has 0 aliphatic carbocycles. The maximum atomic E-state index is 11.4. The minimum absolute atomic E-state index is 0.0562. The molecule has 16 heavy (non-hydrogen) atoms. The fraction of sp³-hybridized carbons (Fsp3) is 0.727. The van der Waals surface area contributed by atoms with Crippen molar-refractivity contribution in [2.24, 2.45) is 5.92 Å². The van der Waals surface area contributed by atoms with Gasteiger partial charge in [-0.25, -0.2) is 0 Å². The van der Waals surface area contributed by atoms with Gasteiger partial charge in [-0.3, -0.25) is 9.69 Å². The Balaban J connectivity index is 2.23. The Morgan fingerprint density at radius 1 is 1.50 bits per heavy atom. The predicted molar refractivity (Wildman–Crippen MR) is 58.0 cm³/mol. The average Bonchev–Trinajstić information content (AvgIpc) is 2.29. The van der Waals surface area contributed by atoms with Crippen molar-refractivity contribution in [2.45, 2.75) is 19.3 Å². The summed E-state index contributed by atoms with van der Waals surface area (Å²) in [6, 6.07) is 4.21. The number of piperidine rings is 1. The molecule has 0 aromatic carbocycles. The zero-order valence-corrected chi connectivity index (χ0v) is 9.28. The van der Waals surface area contributed by atoms with Gasteiger partial charge in [0.1, 0.15) is 0 Å². The first-order chi connectivity index (χ1) is 7.76. The number of nitrogens with one attached hydrogen (secondary N) is 1. The molecule has 86 valence electrons. The molecule has 1 heterocycles. The van der Waals surface area contributed by atoms with E-state index in [2.05, 4.69) is 11.4 Å². The third kappa shape index (κ3) is 4.29. The summed E-state index contributed by atoms with van der Waals surface area (Å²) in [5.74, 6) is -0.00509. The molecule has 1 fully saturated rings. The van der Waals surface area contributed by atoms with Gasteiger partial charge in [0.05, 0.1) is 31.0 Å². The Morgan fingerprint density at radius 3 is 3.00 bits per heavy atom. The number of nitriles is 2. The number of likely N-dealkylation sites (tertiary alicyclic amines) is 1. The van der Waals surface area contributed by atoms with Crippen molar-refractivity contribution in [3.8, 4) is 12.1 Å². The summed E-state index contributed by atoms with van der Waals surface area (Å²) >= 11 is 0. The predicted octanol–water partition coefficient (Wildman–Crippen LogP) is 0.252. The van der Waals surface area contributed by atoms with Crippen molar-refractivity contribution in [1.29, 1.82) is 10.5 Å². The molecule has 1 saturated heterocycles. The van der Waals surface area contributed by atoms with Gasteiger partial charge in [-0.1, -0.05) is 0 Å². The van der Waals surface area contributed by atoms with Gasteiger partial charge in [0.2, 0.25) is 5.91 Å². The van der Waals surface area contributed by atoms with Crippen molar-refractivity contribution in [1.82, 2.24) is 10.2 Å². The number of carbonyl (C=O) groups excluding carboxylic acids is 1. The van der Waals surface area contributed by atoms with E-state index in [1.165, 1.54) is 0 Å². The Hall–Kier alpha value is -1.59. The van der Waals surface area contributed by atoms with Crippen molar-refractivity contribution in [3.63, 3.8) is 0 Å². The van der Waals surface area contributed by atoms with E-state index in [4.69, 9.17) is 10.5 Å². The first-order valence-electron chi connectivity index (χ1n) is 5.52. The van der Waals surface area contributed by atoms with Crippen LogP contribution >= 0.6 is 0 Å². The molecule has 1 aliphatic rings. The van der Waals surface area contributed by atoms with E-state index >= 15 is 0 Å². The van der Waals surface area contributed by atoms with Crippen LogP contribution in [0.5, 0.6) is 0 Å². The smallest absolute Gasteiger partial charge is 0.234 e. The molecule has 1 amide bonds. The van der Waals surface area contributed by atoms with E-state index in [-0.39, 0.29) is 11.8 Å². The summed E-state index contributed by atoms with van der Waals surface area (Å²) in [5.41, 5.74) is 0. The molecule has 1 N–H and O–H groups in total. The van der Waals surface area contributed by atoms with E-state index in [9.17, 15) is 4.79 Å². The van der Waals surface area contributed by atoms with Crippen LogP contribution in [-0.2, 0) is 4.79 Å². The van der Waals surface area contributed by atoms with Crippen molar-refractivity contribution in [3.05, 3.63) is 0 Å². The topological polar surface area (TPSA) is 79.9 Å². The zero-order chi connectivity index (χ0) is 11.8. The van der Waals surface area contributed by atoms with E-state index in [1.807, 2.05) is 11.0 Å². The zero-order valence-electron chi connectivity index (χ0n) is 9.28. The molecule has 1 rings (SSSR count). The molecule has 0 bridgehead atoms. The first-order valence-corrected chi connectivity index (χ1v) is 5.52. The summed E-state index contributed by atoms with van der Waals surface area (Å²) < 4.78 is 0. The molecule has 0 spiro atoms. The van der Waals surface area contributed by atoms with Crippen molar-refractivity contribution < 1.29 is 4.79 Å². The van der Waals surface area contributed by atoms with Gasteiger partial charge in [-0.15, -0.1) is 0 Å². The second-order valence-corrected chi connectivity index (χ2v) is 3.96. The molecule has 0 saturated carbocycles. The third-order valence-electron chi connectivity index (χ3n) is 2.61. The monoisotopic (exact) mass is 220 g/mol. The maximum absolute atomic E-state index is 11.4. The number of amides is 1. The van der Waals surface area contributed by atoms with Gasteiger partial charge < -0.3 is 5.32 Å².